The van der Waals surface area contributed by atoms with E-state index >= 15 is 0 Å². The van der Waals surface area contributed by atoms with Gasteiger partial charge in [-0.05, 0) is 60.4 Å². The van der Waals surface area contributed by atoms with Gasteiger partial charge >= 0.3 is 0 Å². The van der Waals surface area contributed by atoms with Crippen LogP contribution < -0.4 is 20.2 Å². The zero-order chi connectivity index (χ0) is 21.6. The van der Waals surface area contributed by atoms with Gasteiger partial charge in [-0.1, -0.05) is 24.8 Å². The fourth-order valence-electron chi connectivity index (χ4n) is 2.54. The number of carbonyl (C=O) groups is 2. The van der Waals surface area contributed by atoms with Crippen molar-refractivity contribution in [2.45, 2.75) is 19.3 Å². The average Bonchev–Trinajstić information content (AvgIpc) is 2.77. The van der Waals surface area contributed by atoms with Gasteiger partial charge in [0.15, 0.2) is 0 Å². The predicted molar refractivity (Wildman–Crippen MR) is 117 cm³/mol. The molecule has 2 N–H and O–H groups in total. The van der Waals surface area contributed by atoms with Crippen LogP contribution in [0.15, 0.2) is 66.3 Å². The lowest BCUT2D eigenvalue weighted by atomic mass is 10.1. The maximum atomic E-state index is 11.9. The van der Waals surface area contributed by atoms with Crippen molar-refractivity contribution in [3.8, 4) is 11.5 Å². The third kappa shape index (κ3) is 8.60. The number of nitrogens with zero attached hydrogens (tertiary/aromatic N) is 1. The van der Waals surface area contributed by atoms with Gasteiger partial charge < -0.3 is 14.8 Å². The fraction of sp³-hybridized carbons (Fsp3) is 0.261. The van der Waals surface area contributed by atoms with Gasteiger partial charge in [-0.3, -0.25) is 9.59 Å². The highest BCUT2D eigenvalue weighted by molar-refractivity contribution is 5.86. The van der Waals surface area contributed by atoms with Crippen LogP contribution in [0.5, 0.6) is 11.5 Å². The first-order valence-corrected chi connectivity index (χ1v) is 9.66. The van der Waals surface area contributed by atoms with E-state index in [9.17, 15) is 9.59 Å². The molecule has 30 heavy (non-hydrogen) atoms. The molecule has 0 saturated heterocycles. The van der Waals surface area contributed by atoms with Crippen molar-refractivity contribution >= 4 is 18.0 Å². The van der Waals surface area contributed by atoms with Crippen molar-refractivity contribution in [2.75, 3.05) is 20.3 Å². The second-order valence-corrected chi connectivity index (χ2v) is 6.44. The molecule has 2 aromatic rings. The molecule has 7 heteroatoms. The normalized spacial score (nSPS) is 10.4. The smallest absolute Gasteiger partial charge is 0.259 e. The van der Waals surface area contributed by atoms with E-state index in [1.165, 1.54) is 6.21 Å². The summed E-state index contributed by atoms with van der Waals surface area (Å²) in [6.45, 7) is 3.92. The predicted octanol–water partition coefficient (Wildman–Crippen LogP) is 2.85. The standard InChI is InChI=1S/C23H27N3O4/c1-3-15-30-21-13-9-19(10-14-21)16-25-26-23(28)17-24-22(27)6-4-5-18-7-11-20(29-2)12-8-18/h3,7-14,16H,1,4-6,15,17H2,2H3,(H,24,27)(H,26,28)/b25-16-. The Balaban J connectivity index is 1.61. The van der Waals surface area contributed by atoms with Gasteiger partial charge in [-0.15, -0.1) is 0 Å². The Bertz CT molecular complexity index is 846. The number of hydrogen-bond donors (Lipinski definition) is 2. The van der Waals surface area contributed by atoms with Crippen LogP contribution >= 0.6 is 0 Å². The Morgan fingerprint density at radius 1 is 1.03 bits per heavy atom. The molecule has 0 aromatic heterocycles. The van der Waals surface area contributed by atoms with E-state index in [0.717, 1.165) is 29.0 Å². The largest absolute Gasteiger partial charge is 0.497 e. The molecule has 2 amide bonds. The van der Waals surface area contributed by atoms with Gasteiger partial charge in [0.1, 0.15) is 18.1 Å². The van der Waals surface area contributed by atoms with Crippen molar-refractivity contribution in [2.24, 2.45) is 5.10 Å². The monoisotopic (exact) mass is 409 g/mol. The highest BCUT2D eigenvalue weighted by atomic mass is 16.5. The molecule has 0 unspecified atom stereocenters. The van der Waals surface area contributed by atoms with E-state index in [0.29, 0.717) is 19.4 Å². The topological polar surface area (TPSA) is 89.0 Å². The van der Waals surface area contributed by atoms with Crippen molar-refractivity contribution in [1.82, 2.24) is 10.7 Å². The molecule has 0 aliphatic carbocycles. The van der Waals surface area contributed by atoms with Crippen LogP contribution in [0, 0.1) is 0 Å². The second kappa shape index (κ2) is 12.8. The molecule has 0 aliphatic rings. The molecular weight excluding hydrogens is 382 g/mol. The number of nitrogens with one attached hydrogen (secondary N) is 2. The Kier molecular flexibility index (Phi) is 9.65. The molecule has 7 nitrogen and oxygen atoms in total. The van der Waals surface area contributed by atoms with Gasteiger partial charge in [-0.2, -0.15) is 5.10 Å². The molecule has 0 heterocycles. The second-order valence-electron chi connectivity index (χ2n) is 6.44. The summed E-state index contributed by atoms with van der Waals surface area (Å²) in [6.07, 6.45) is 5.02. The van der Waals surface area contributed by atoms with Crippen molar-refractivity contribution in [3.05, 3.63) is 72.3 Å². The lowest BCUT2D eigenvalue weighted by Gasteiger charge is -2.05. The van der Waals surface area contributed by atoms with Gasteiger partial charge in [0.2, 0.25) is 5.91 Å². The van der Waals surface area contributed by atoms with Crippen molar-refractivity contribution in [3.63, 3.8) is 0 Å². The number of ether oxygens (including phenoxy) is 2. The number of amides is 2. The quantitative estimate of drug-likeness (QED) is 0.321. The number of hydrogen-bond acceptors (Lipinski definition) is 5. The summed E-state index contributed by atoms with van der Waals surface area (Å²) in [6, 6.07) is 15.0. The molecule has 0 bridgehead atoms. The first kappa shape index (κ1) is 22.7. The van der Waals surface area contributed by atoms with E-state index in [1.54, 1.807) is 25.3 Å². The SMILES string of the molecule is C=CCOc1ccc(/C=N\NC(=O)CNC(=O)CCCc2ccc(OC)cc2)cc1. The van der Waals surface area contributed by atoms with Crippen LogP contribution in [0.4, 0.5) is 0 Å². The lowest BCUT2D eigenvalue weighted by Crippen LogP contribution is -2.34. The van der Waals surface area contributed by atoms with E-state index < -0.39 is 0 Å². The maximum Gasteiger partial charge on any atom is 0.259 e. The molecule has 0 radical (unpaired) electrons. The summed E-state index contributed by atoms with van der Waals surface area (Å²) in [7, 11) is 1.62. The minimum Gasteiger partial charge on any atom is -0.497 e. The summed E-state index contributed by atoms with van der Waals surface area (Å²) < 4.78 is 10.5. The minimum atomic E-state index is -0.388. The Hall–Kier alpha value is -3.61. The van der Waals surface area contributed by atoms with Crippen molar-refractivity contribution < 1.29 is 19.1 Å². The molecule has 2 aromatic carbocycles. The number of hydrazone groups is 1. The van der Waals surface area contributed by atoms with Crippen LogP contribution in [-0.2, 0) is 16.0 Å². The molecule has 0 atom stereocenters. The zero-order valence-electron chi connectivity index (χ0n) is 17.1. The Morgan fingerprint density at radius 2 is 1.73 bits per heavy atom. The number of methoxy groups -OCH3 is 1. The van der Waals surface area contributed by atoms with Gasteiger partial charge in [-0.25, -0.2) is 5.43 Å². The van der Waals surface area contributed by atoms with Crippen LogP contribution in [-0.4, -0.2) is 38.3 Å². The van der Waals surface area contributed by atoms with Gasteiger partial charge in [0.05, 0.1) is 19.9 Å². The first-order valence-electron chi connectivity index (χ1n) is 9.66. The lowest BCUT2D eigenvalue weighted by molar-refractivity contribution is -0.126. The summed E-state index contributed by atoms with van der Waals surface area (Å²) >= 11 is 0. The van der Waals surface area contributed by atoms with Crippen LogP contribution in [0.1, 0.15) is 24.0 Å². The highest BCUT2D eigenvalue weighted by Gasteiger charge is 2.05. The summed E-state index contributed by atoms with van der Waals surface area (Å²) in [5.41, 5.74) is 4.33. The maximum absolute atomic E-state index is 11.9. The van der Waals surface area contributed by atoms with Crippen LogP contribution in [0.25, 0.3) is 0 Å². The van der Waals surface area contributed by atoms with E-state index in [-0.39, 0.29) is 18.4 Å². The van der Waals surface area contributed by atoms with E-state index in [2.05, 4.69) is 22.4 Å². The number of aryl methyl sites for hydroxylation is 1. The number of carbonyl (C=O) groups excluding carboxylic acids is 2. The molecule has 0 spiro atoms. The molecule has 0 fully saturated rings. The summed E-state index contributed by atoms with van der Waals surface area (Å²) in [5, 5.41) is 6.48. The van der Waals surface area contributed by atoms with E-state index in [1.807, 2.05) is 36.4 Å². The molecular formula is C23H27N3O4. The minimum absolute atomic E-state index is 0.118. The molecule has 0 aliphatic heterocycles. The molecule has 2 rings (SSSR count). The Morgan fingerprint density at radius 3 is 2.40 bits per heavy atom. The summed E-state index contributed by atoms with van der Waals surface area (Å²) in [5.74, 6) is 0.976. The van der Waals surface area contributed by atoms with Crippen LogP contribution in [0.2, 0.25) is 0 Å². The summed E-state index contributed by atoms with van der Waals surface area (Å²) in [4.78, 5) is 23.7. The highest BCUT2D eigenvalue weighted by Crippen LogP contribution is 2.13. The number of rotatable bonds is 12. The third-order valence-corrected chi connectivity index (χ3v) is 4.13. The zero-order valence-corrected chi connectivity index (χ0v) is 17.1. The van der Waals surface area contributed by atoms with Gasteiger partial charge in [0, 0.05) is 6.42 Å². The molecule has 0 saturated carbocycles. The Labute approximate surface area is 176 Å². The van der Waals surface area contributed by atoms with Crippen LogP contribution in [0.3, 0.4) is 0 Å². The van der Waals surface area contributed by atoms with Gasteiger partial charge in [0.25, 0.3) is 5.91 Å². The first-order chi connectivity index (χ1) is 14.6. The van der Waals surface area contributed by atoms with E-state index in [4.69, 9.17) is 9.47 Å². The average molecular weight is 409 g/mol. The number of benzene rings is 2. The third-order valence-electron chi connectivity index (χ3n) is 4.13. The van der Waals surface area contributed by atoms with Crippen molar-refractivity contribution in [1.29, 1.82) is 0 Å². The fourth-order valence-corrected chi connectivity index (χ4v) is 2.54. The molecule has 158 valence electrons.